The summed E-state index contributed by atoms with van der Waals surface area (Å²) in [4.78, 5) is 0. The summed E-state index contributed by atoms with van der Waals surface area (Å²) in [5, 5.41) is 0. The van der Waals surface area contributed by atoms with E-state index in [0.29, 0.717) is 0 Å². The van der Waals surface area contributed by atoms with Gasteiger partial charge in [0.15, 0.2) is 0 Å². The second kappa shape index (κ2) is 4.88. The SMILES string of the molecule is COc1ccc(C2(OC)CCCCC2)cc1. The van der Waals surface area contributed by atoms with E-state index in [0.717, 1.165) is 18.6 Å². The van der Waals surface area contributed by atoms with Crippen LogP contribution >= 0.6 is 0 Å². The molecular weight excluding hydrogens is 200 g/mol. The van der Waals surface area contributed by atoms with E-state index in [2.05, 4.69) is 12.1 Å². The Kier molecular flexibility index (Phi) is 3.49. The zero-order chi connectivity index (χ0) is 11.4. The largest absolute Gasteiger partial charge is 0.497 e. The quantitative estimate of drug-likeness (QED) is 0.776. The van der Waals surface area contributed by atoms with E-state index >= 15 is 0 Å². The second-order valence-corrected chi connectivity index (χ2v) is 4.49. The fourth-order valence-corrected chi connectivity index (χ4v) is 2.63. The Morgan fingerprint density at radius 1 is 0.938 bits per heavy atom. The van der Waals surface area contributed by atoms with Crippen molar-refractivity contribution < 1.29 is 9.47 Å². The van der Waals surface area contributed by atoms with Gasteiger partial charge >= 0.3 is 0 Å². The molecule has 0 amide bonds. The van der Waals surface area contributed by atoms with Crippen molar-refractivity contribution >= 4 is 0 Å². The molecule has 2 rings (SSSR count). The lowest BCUT2D eigenvalue weighted by Crippen LogP contribution is -2.30. The van der Waals surface area contributed by atoms with Crippen LogP contribution in [0.1, 0.15) is 37.7 Å². The van der Waals surface area contributed by atoms with Crippen molar-refractivity contribution in [3.63, 3.8) is 0 Å². The van der Waals surface area contributed by atoms with Gasteiger partial charge in [0, 0.05) is 7.11 Å². The van der Waals surface area contributed by atoms with E-state index in [4.69, 9.17) is 9.47 Å². The monoisotopic (exact) mass is 220 g/mol. The first-order valence-corrected chi connectivity index (χ1v) is 6.00. The maximum atomic E-state index is 5.80. The van der Waals surface area contributed by atoms with E-state index in [9.17, 15) is 0 Å². The third kappa shape index (κ3) is 2.07. The Morgan fingerprint density at radius 2 is 1.56 bits per heavy atom. The summed E-state index contributed by atoms with van der Waals surface area (Å²) in [5.41, 5.74) is 1.24. The summed E-state index contributed by atoms with van der Waals surface area (Å²) < 4.78 is 11.0. The summed E-state index contributed by atoms with van der Waals surface area (Å²) in [6, 6.07) is 8.30. The molecule has 2 nitrogen and oxygen atoms in total. The van der Waals surface area contributed by atoms with Crippen LogP contribution in [0.2, 0.25) is 0 Å². The molecule has 16 heavy (non-hydrogen) atoms. The highest BCUT2D eigenvalue weighted by atomic mass is 16.5. The molecule has 1 aliphatic carbocycles. The molecular formula is C14H20O2. The lowest BCUT2D eigenvalue weighted by atomic mass is 9.79. The standard InChI is InChI=1S/C14H20O2/c1-15-13-8-6-12(7-9-13)14(16-2)10-4-3-5-11-14/h6-9H,3-5,10-11H2,1-2H3. The van der Waals surface area contributed by atoms with Crippen molar-refractivity contribution in [3.05, 3.63) is 29.8 Å². The fourth-order valence-electron chi connectivity index (χ4n) is 2.63. The smallest absolute Gasteiger partial charge is 0.118 e. The highest BCUT2D eigenvalue weighted by Gasteiger charge is 2.33. The zero-order valence-electron chi connectivity index (χ0n) is 10.2. The van der Waals surface area contributed by atoms with Crippen molar-refractivity contribution in [3.8, 4) is 5.75 Å². The van der Waals surface area contributed by atoms with E-state index in [-0.39, 0.29) is 5.60 Å². The molecule has 0 saturated heterocycles. The van der Waals surface area contributed by atoms with Gasteiger partial charge in [-0.1, -0.05) is 31.4 Å². The Morgan fingerprint density at radius 3 is 2.06 bits per heavy atom. The molecule has 0 radical (unpaired) electrons. The Hall–Kier alpha value is -1.02. The Bertz CT molecular complexity index is 323. The van der Waals surface area contributed by atoms with Crippen LogP contribution in [0, 0.1) is 0 Å². The summed E-state index contributed by atoms with van der Waals surface area (Å²) in [5.74, 6) is 0.908. The van der Waals surface area contributed by atoms with Gasteiger partial charge in [-0.05, 0) is 30.5 Å². The summed E-state index contributed by atoms with van der Waals surface area (Å²) in [6.07, 6.45) is 6.13. The number of hydrogen-bond acceptors (Lipinski definition) is 2. The van der Waals surface area contributed by atoms with E-state index < -0.39 is 0 Å². The van der Waals surface area contributed by atoms with E-state index in [1.165, 1.54) is 24.8 Å². The maximum absolute atomic E-state index is 5.80. The minimum Gasteiger partial charge on any atom is -0.497 e. The lowest BCUT2D eigenvalue weighted by molar-refractivity contribution is -0.0445. The fraction of sp³-hybridized carbons (Fsp3) is 0.571. The average molecular weight is 220 g/mol. The molecule has 0 unspecified atom stereocenters. The first kappa shape index (κ1) is 11.5. The molecule has 88 valence electrons. The average Bonchev–Trinajstić information content (AvgIpc) is 2.39. The van der Waals surface area contributed by atoms with Crippen molar-refractivity contribution in [2.75, 3.05) is 14.2 Å². The predicted octanol–water partition coefficient (Wildman–Crippen LogP) is 3.50. The Balaban J connectivity index is 2.24. The summed E-state index contributed by atoms with van der Waals surface area (Å²) in [7, 11) is 3.53. The third-order valence-electron chi connectivity index (χ3n) is 3.67. The molecule has 1 aromatic carbocycles. The first-order valence-electron chi connectivity index (χ1n) is 6.00. The van der Waals surface area contributed by atoms with E-state index in [1.807, 2.05) is 19.2 Å². The first-order chi connectivity index (χ1) is 7.80. The minimum atomic E-state index is -0.0511. The molecule has 0 heterocycles. The zero-order valence-corrected chi connectivity index (χ0v) is 10.2. The van der Waals surface area contributed by atoms with Gasteiger partial charge in [-0.3, -0.25) is 0 Å². The van der Waals surface area contributed by atoms with Gasteiger partial charge < -0.3 is 9.47 Å². The summed E-state index contributed by atoms with van der Waals surface area (Å²) in [6.45, 7) is 0. The van der Waals surface area contributed by atoms with Crippen LogP contribution in [0.15, 0.2) is 24.3 Å². The van der Waals surface area contributed by atoms with Crippen LogP contribution in [-0.4, -0.2) is 14.2 Å². The lowest BCUT2D eigenvalue weighted by Gasteiger charge is -2.36. The van der Waals surface area contributed by atoms with Crippen LogP contribution in [0.25, 0.3) is 0 Å². The molecule has 1 fully saturated rings. The van der Waals surface area contributed by atoms with E-state index in [1.54, 1.807) is 7.11 Å². The molecule has 0 aromatic heterocycles. The van der Waals surface area contributed by atoms with Gasteiger partial charge in [0.1, 0.15) is 5.75 Å². The van der Waals surface area contributed by atoms with Crippen LogP contribution in [-0.2, 0) is 10.3 Å². The van der Waals surface area contributed by atoms with Crippen LogP contribution in [0.5, 0.6) is 5.75 Å². The van der Waals surface area contributed by atoms with Gasteiger partial charge in [0.25, 0.3) is 0 Å². The molecule has 0 bridgehead atoms. The van der Waals surface area contributed by atoms with Crippen LogP contribution < -0.4 is 4.74 Å². The number of hydrogen-bond donors (Lipinski definition) is 0. The normalized spacial score (nSPS) is 19.4. The molecule has 2 heteroatoms. The topological polar surface area (TPSA) is 18.5 Å². The molecule has 1 saturated carbocycles. The highest BCUT2D eigenvalue weighted by Crippen LogP contribution is 2.40. The van der Waals surface area contributed by atoms with Crippen molar-refractivity contribution in [1.82, 2.24) is 0 Å². The van der Waals surface area contributed by atoms with Gasteiger partial charge in [-0.15, -0.1) is 0 Å². The van der Waals surface area contributed by atoms with Crippen molar-refractivity contribution in [2.24, 2.45) is 0 Å². The van der Waals surface area contributed by atoms with Gasteiger partial charge in [0.05, 0.1) is 12.7 Å². The molecule has 0 N–H and O–H groups in total. The van der Waals surface area contributed by atoms with Crippen LogP contribution in [0.3, 0.4) is 0 Å². The van der Waals surface area contributed by atoms with Gasteiger partial charge in [0.2, 0.25) is 0 Å². The molecule has 0 aliphatic heterocycles. The number of benzene rings is 1. The third-order valence-corrected chi connectivity index (χ3v) is 3.67. The number of ether oxygens (including phenoxy) is 2. The molecule has 1 aliphatic rings. The Labute approximate surface area is 97.6 Å². The molecule has 0 atom stereocenters. The molecule has 0 spiro atoms. The minimum absolute atomic E-state index is 0.0511. The highest BCUT2D eigenvalue weighted by molar-refractivity contribution is 5.31. The number of methoxy groups -OCH3 is 2. The molecule has 1 aromatic rings. The summed E-state index contributed by atoms with van der Waals surface area (Å²) >= 11 is 0. The van der Waals surface area contributed by atoms with Crippen molar-refractivity contribution in [1.29, 1.82) is 0 Å². The number of rotatable bonds is 3. The maximum Gasteiger partial charge on any atom is 0.118 e. The van der Waals surface area contributed by atoms with Crippen molar-refractivity contribution in [2.45, 2.75) is 37.7 Å². The van der Waals surface area contributed by atoms with Gasteiger partial charge in [-0.25, -0.2) is 0 Å². The van der Waals surface area contributed by atoms with Gasteiger partial charge in [-0.2, -0.15) is 0 Å². The second-order valence-electron chi connectivity index (χ2n) is 4.49. The van der Waals surface area contributed by atoms with Crippen LogP contribution in [0.4, 0.5) is 0 Å². The predicted molar refractivity (Wildman–Crippen MR) is 64.8 cm³/mol.